The van der Waals surface area contributed by atoms with Crippen LogP contribution in [-0.4, -0.2) is 47.4 Å². The van der Waals surface area contributed by atoms with E-state index in [0.29, 0.717) is 12.5 Å². The van der Waals surface area contributed by atoms with E-state index in [0.717, 1.165) is 22.7 Å². The maximum absolute atomic E-state index is 13.8. The molecule has 2 amide bonds. The van der Waals surface area contributed by atoms with Crippen LogP contribution < -0.4 is 10.6 Å². The number of aromatic nitrogens is 1. The number of carbonyl (C=O) groups is 2. The van der Waals surface area contributed by atoms with Crippen LogP contribution in [-0.2, 0) is 9.59 Å². The number of carbonyl (C=O) groups excluding carboxylic acids is 2. The molecule has 0 saturated carbocycles. The van der Waals surface area contributed by atoms with Crippen LogP contribution in [0.15, 0.2) is 35.0 Å². The molecule has 4 rings (SSSR count). The first-order valence-corrected chi connectivity index (χ1v) is 13.6. The maximum Gasteiger partial charge on any atom is 0.246 e. The summed E-state index contributed by atoms with van der Waals surface area (Å²) in [7, 11) is 1.74. The molecule has 34 heavy (non-hydrogen) atoms. The Morgan fingerprint density at radius 1 is 1.18 bits per heavy atom. The lowest BCUT2D eigenvalue weighted by Crippen LogP contribution is -2.57. The third-order valence-electron chi connectivity index (χ3n) is 6.74. The molecule has 8 heteroatoms. The van der Waals surface area contributed by atoms with Crippen molar-refractivity contribution in [1.29, 1.82) is 0 Å². The summed E-state index contributed by atoms with van der Waals surface area (Å²) in [4.78, 5) is 33.5. The molecule has 1 aliphatic rings. The second-order valence-electron chi connectivity index (χ2n) is 10.3. The van der Waals surface area contributed by atoms with Crippen molar-refractivity contribution < 1.29 is 9.59 Å². The second kappa shape index (κ2) is 9.76. The van der Waals surface area contributed by atoms with E-state index in [2.05, 4.69) is 52.6 Å². The minimum Gasteiger partial charge on any atom is -0.342 e. The normalized spacial score (nSPS) is 20.5. The summed E-state index contributed by atoms with van der Waals surface area (Å²) in [6.45, 7) is 10.6. The Kier molecular flexibility index (Phi) is 7.12. The first-order chi connectivity index (χ1) is 16.1. The summed E-state index contributed by atoms with van der Waals surface area (Å²) in [5.41, 5.74) is 1.69. The lowest BCUT2D eigenvalue weighted by atomic mass is 9.85. The SMILES string of the molecule is CN[C@@H](C)C(=O)N[C@H](C(=O)N1CC[C@H](C)[C@H]1c1nc(-c2csc3ccccc23)cs1)C(C)(C)C. The Morgan fingerprint density at radius 2 is 1.91 bits per heavy atom. The van der Waals surface area contributed by atoms with Crippen LogP contribution >= 0.6 is 22.7 Å². The third-order valence-corrected chi connectivity index (χ3v) is 8.62. The van der Waals surface area contributed by atoms with Gasteiger partial charge in [0.1, 0.15) is 11.0 Å². The zero-order valence-electron chi connectivity index (χ0n) is 20.7. The average molecular weight is 499 g/mol. The van der Waals surface area contributed by atoms with Gasteiger partial charge in [-0.25, -0.2) is 4.98 Å². The lowest BCUT2D eigenvalue weighted by Gasteiger charge is -2.36. The van der Waals surface area contributed by atoms with Gasteiger partial charge in [-0.05, 0) is 37.8 Å². The van der Waals surface area contributed by atoms with Gasteiger partial charge in [-0.15, -0.1) is 22.7 Å². The summed E-state index contributed by atoms with van der Waals surface area (Å²) in [5, 5.41) is 12.4. The largest absolute Gasteiger partial charge is 0.342 e. The predicted molar refractivity (Wildman–Crippen MR) is 141 cm³/mol. The molecule has 4 atom stereocenters. The summed E-state index contributed by atoms with van der Waals surface area (Å²) in [6, 6.07) is 7.32. The molecule has 2 N–H and O–H groups in total. The summed E-state index contributed by atoms with van der Waals surface area (Å²) in [5.74, 6) is 0.103. The number of nitrogens with one attached hydrogen (secondary N) is 2. The Balaban J connectivity index is 1.62. The standard InChI is InChI=1S/C26H34N4O2S2/c1-15-11-12-30(25(32)22(26(3,4)5)29-23(31)16(2)27-6)21(15)24-28-19(14-34-24)18-13-33-20-10-8-7-9-17(18)20/h7-10,13-16,21-22,27H,11-12H2,1-6H3,(H,29,31)/t15-,16-,21-,22+/m0/s1. The highest BCUT2D eigenvalue weighted by Gasteiger charge is 2.43. The molecule has 1 fully saturated rings. The minimum atomic E-state index is -0.608. The van der Waals surface area contributed by atoms with Gasteiger partial charge in [0, 0.05) is 33.0 Å². The van der Waals surface area contributed by atoms with Crippen LogP contribution in [0.2, 0.25) is 0 Å². The van der Waals surface area contributed by atoms with Gasteiger partial charge < -0.3 is 15.5 Å². The number of hydrogen-bond acceptors (Lipinski definition) is 6. The van der Waals surface area contributed by atoms with Crippen molar-refractivity contribution in [2.45, 2.75) is 59.2 Å². The number of fused-ring (bicyclic) bond motifs is 1. The number of hydrogen-bond donors (Lipinski definition) is 2. The van der Waals surface area contributed by atoms with E-state index < -0.39 is 11.5 Å². The number of likely N-dealkylation sites (N-methyl/N-ethyl adjacent to an activating group) is 1. The molecule has 3 heterocycles. The summed E-state index contributed by atoms with van der Waals surface area (Å²) in [6.07, 6.45) is 0.921. The fourth-order valence-corrected chi connectivity index (χ4v) is 6.52. The molecule has 0 spiro atoms. The van der Waals surface area contributed by atoms with E-state index in [1.165, 1.54) is 10.1 Å². The maximum atomic E-state index is 13.8. The molecule has 1 aromatic carbocycles. The molecular formula is C26H34N4O2S2. The number of thiophene rings is 1. The van der Waals surface area contributed by atoms with Gasteiger partial charge in [0.2, 0.25) is 11.8 Å². The first kappa shape index (κ1) is 24.8. The van der Waals surface area contributed by atoms with Crippen molar-refractivity contribution in [1.82, 2.24) is 20.5 Å². The molecule has 1 aliphatic heterocycles. The molecule has 0 aliphatic carbocycles. The molecule has 6 nitrogen and oxygen atoms in total. The first-order valence-electron chi connectivity index (χ1n) is 11.8. The summed E-state index contributed by atoms with van der Waals surface area (Å²) >= 11 is 3.35. The fraction of sp³-hybridized carbons (Fsp3) is 0.500. The van der Waals surface area contributed by atoms with E-state index in [9.17, 15) is 9.59 Å². The monoisotopic (exact) mass is 498 g/mol. The van der Waals surface area contributed by atoms with E-state index in [-0.39, 0.29) is 23.9 Å². The summed E-state index contributed by atoms with van der Waals surface area (Å²) < 4.78 is 1.25. The Labute approximate surface area is 209 Å². The Morgan fingerprint density at radius 3 is 2.62 bits per heavy atom. The van der Waals surface area contributed by atoms with Crippen LogP contribution in [0.1, 0.15) is 52.1 Å². The fourth-order valence-electron chi connectivity index (χ4n) is 4.51. The van der Waals surface area contributed by atoms with Gasteiger partial charge in [0.15, 0.2) is 0 Å². The van der Waals surface area contributed by atoms with Crippen LogP contribution in [0.4, 0.5) is 0 Å². The van der Waals surface area contributed by atoms with Crippen molar-refractivity contribution >= 4 is 44.6 Å². The minimum absolute atomic E-state index is 0.0313. The zero-order valence-corrected chi connectivity index (χ0v) is 22.3. The Bertz CT molecular complexity index is 1180. The van der Waals surface area contributed by atoms with Gasteiger partial charge in [0.25, 0.3) is 0 Å². The van der Waals surface area contributed by atoms with Crippen molar-refractivity contribution in [3.05, 3.63) is 40.0 Å². The molecule has 0 bridgehead atoms. The highest BCUT2D eigenvalue weighted by molar-refractivity contribution is 7.17. The smallest absolute Gasteiger partial charge is 0.246 e. The number of likely N-dealkylation sites (tertiary alicyclic amines) is 1. The highest BCUT2D eigenvalue weighted by atomic mass is 32.1. The van der Waals surface area contributed by atoms with Crippen LogP contribution in [0.25, 0.3) is 21.3 Å². The van der Waals surface area contributed by atoms with E-state index >= 15 is 0 Å². The van der Waals surface area contributed by atoms with Crippen LogP contribution in [0.3, 0.4) is 0 Å². The van der Waals surface area contributed by atoms with E-state index in [1.807, 2.05) is 25.7 Å². The van der Waals surface area contributed by atoms with Gasteiger partial charge in [-0.3, -0.25) is 9.59 Å². The van der Waals surface area contributed by atoms with Gasteiger partial charge >= 0.3 is 0 Å². The van der Waals surface area contributed by atoms with Gasteiger partial charge in [-0.2, -0.15) is 0 Å². The van der Waals surface area contributed by atoms with Crippen molar-refractivity contribution in [2.24, 2.45) is 11.3 Å². The third kappa shape index (κ3) is 4.76. The van der Waals surface area contributed by atoms with Gasteiger partial charge in [-0.1, -0.05) is 45.9 Å². The van der Waals surface area contributed by atoms with Crippen molar-refractivity contribution in [3.8, 4) is 11.3 Å². The number of amides is 2. The number of nitrogens with zero attached hydrogens (tertiary/aromatic N) is 2. The predicted octanol–water partition coefficient (Wildman–Crippen LogP) is 5.07. The van der Waals surface area contributed by atoms with E-state index in [1.54, 1.807) is 36.6 Å². The van der Waals surface area contributed by atoms with Gasteiger partial charge in [0.05, 0.1) is 17.8 Å². The Hall–Kier alpha value is -2.29. The molecule has 0 unspecified atom stereocenters. The quantitative estimate of drug-likeness (QED) is 0.497. The molecule has 0 radical (unpaired) electrons. The van der Waals surface area contributed by atoms with Crippen molar-refractivity contribution in [2.75, 3.05) is 13.6 Å². The zero-order chi connectivity index (χ0) is 24.6. The molecule has 182 valence electrons. The van der Waals surface area contributed by atoms with Crippen molar-refractivity contribution in [3.63, 3.8) is 0 Å². The molecule has 3 aromatic rings. The highest BCUT2D eigenvalue weighted by Crippen LogP contribution is 2.42. The van der Waals surface area contributed by atoms with E-state index in [4.69, 9.17) is 4.98 Å². The molecular weight excluding hydrogens is 464 g/mol. The lowest BCUT2D eigenvalue weighted by molar-refractivity contribution is -0.141. The van der Waals surface area contributed by atoms with Crippen LogP contribution in [0.5, 0.6) is 0 Å². The number of thiazole rings is 1. The molecule has 2 aromatic heterocycles. The number of benzene rings is 1. The second-order valence-corrected chi connectivity index (χ2v) is 12.1. The number of rotatable bonds is 6. The topological polar surface area (TPSA) is 74.3 Å². The average Bonchev–Trinajstić information content (AvgIpc) is 3.53. The molecule has 1 saturated heterocycles. The van der Waals surface area contributed by atoms with Crippen LogP contribution in [0, 0.1) is 11.3 Å².